The van der Waals surface area contributed by atoms with Crippen molar-refractivity contribution in [1.82, 2.24) is 15.2 Å². The summed E-state index contributed by atoms with van der Waals surface area (Å²) >= 11 is 0. The Morgan fingerprint density at radius 2 is 2.32 bits per heavy atom. The maximum Gasteiger partial charge on any atom is 0.119 e. The fraction of sp³-hybridized carbons (Fsp3) is 0.357. The first kappa shape index (κ1) is 13.6. The minimum atomic E-state index is 0.0459. The fourth-order valence-electron chi connectivity index (χ4n) is 2.07. The van der Waals surface area contributed by atoms with Gasteiger partial charge in [-0.05, 0) is 36.6 Å². The molecule has 5 heteroatoms. The minimum Gasteiger partial charge on any atom is -0.494 e. The molecule has 1 atom stereocenters. The van der Waals surface area contributed by atoms with Crippen LogP contribution in [0.4, 0.5) is 0 Å². The number of nitrogens with zero attached hydrogens (tertiary/aromatic N) is 2. The number of ether oxygens (including phenoxy) is 1. The Labute approximate surface area is 113 Å². The van der Waals surface area contributed by atoms with Crippen LogP contribution in [0.1, 0.15) is 24.1 Å². The lowest BCUT2D eigenvalue weighted by Crippen LogP contribution is -2.29. The van der Waals surface area contributed by atoms with Gasteiger partial charge in [-0.2, -0.15) is 5.10 Å². The molecule has 0 fully saturated rings. The molecule has 3 N–H and O–H groups in total. The number of hydrogen-bond donors (Lipinski definition) is 2. The van der Waals surface area contributed by atoms with E-state index < -0.39 is 0 Å². The second-order valence-corrected chi connectivity index (χ2v) is 4.45. The van der Waals surface area contributed by atoms with E-state index in [1.54, 1.807) is 4.68 Å². The quantitative estimate of drug-likeness (QED) is 0.611. The van der Waals surface area contributed by atoms with E-state index >= 15 is 0 Å². The number of nitrogens with one attached hydrogen (secondary N) is 1. The smallest absolute Gasteiger partial charge is 0.119 e. The fourth-order valence-corrected chi connectivity index (χ4v) is 2.07. The minimum absolute atomic E-state index is 0.0459. The van der Waals surface area contributed by atoms with E-state index in [2.05, 4.69) is 10.5 Å². The number of benzene rings is 1. The Kier molecular flexibility index (Phi) is 4.54. The normalized spacial score (nSPS) is 12.4. The van der Waals surface area contributed by atoms with E-state index in [0.29, 0.717) is 6.61 Å². The molecule has 0 amide bonds. The summed E-state index contributed by atoms with van der Waals surface area (Å²) in [6, 6.07) is 8.04. The lowest BCUT2D eigenvalue weighted by Gasteiger charge is -2.16. The molecular weight excluding hydrogens is 240 g/mol. The van der Waals surface area contributed by atoms with E-state index in [1.165, 1.54) is 0 Å². The maximum atomic E-state index is 5.67. The lowest BCUT2D eigenvalue weighted by atomic mass is 10.0. The van der Waals surface area contributed by atoms with Gasteiger partial charge in [-0.3, -0.25) is 16.0 Å². The van der Waals surface area contributed by atoms with E-state index in [4.69, 9.17) is 10.6 Å². The largest absolute Gasteiger partial charge is 0.494 e. The van der Waals surface area contributed by atoms with Gasteiger partial charge >= 0.3 is 0 Å². The summed E-state index contributed by atoms with van der Waals surface area (Å²) in [5, 5.41) is 4.17. The highest BCUT2D eigenvalue weighted by Gasteiger charge is 2.12. The predicted molar refractivity (Wildman–Crippen MR) is 74.6 cm³/mol. The van der Waals surface area contributed by atoms with Crippen LogP contribution < -0.4 is 16.0 Å². The molecule has 1 unspecified atom stereocenters. The Bertz CT molecular complexity index is 524. The third kappa shape index (κ3) is 3.56. The summed E-state index contributed by atoms with van der Waals surface area (Å²) in [7, 11) is 1.91. The molecule has 19 heavy (non-hydrogen) atoms. The Morgan fingerprint density at radius 1 is 1.47 bits per heavy atom. The summed E-state index contributed by atoms with van der Waals surface area (Å²) in [6.45, 7) is 2.63. The van der Waals surface area contributed by atoms with Crippen molar-refractivity contribution in [3.05, 3.63) is 47.8 Å². The SMILES string of the molecule is CCOc1cccc(C(Cc2cnn(C)c2)NN)c1. The van der Waals surface area contributed by atoms with Gasteiger partial charge in [0.05, 0.1) is 18.8 Å². The van der Waals surface area contributed by atoms with Crippen LogP contribution in [0, 0.1) is 0 Å². The number of aryl methyl sites for hydroxylation is 1. The molecule has 0 spiro atoms. The van der Waals surface area contributed by atoms with Gasteiger partial charge in [0.15, 0.2) is 0 Å². The number of hydrazine groups is 1. The monoisotopic (exact) mass is 260 g/mol. The van der Waals surface area contributed by atoms with Crippen molar-refractivity contribution in [2.75, 3.05) is 6.61 Å². The second kappa shape index (κ2) is 6.36. The van der Waals surface area contributed by atoms with E-state index in [0.717, 1.165) is 23.3 Å². The van der Waals surface area contributed by atoms with Gasteiger partial charge in [0.2, 0.25) is 0 Å². The van der Waals surface area contributed by atoms with Crippen molar-refractivity contribution in [3.8, 4) is 5.75 Å². The summed E-state index contributed by atoms with van der Waals surface area (Å²) in [4.78, 5) is 0. The van der Waals surface area contributed by atoms with Crippen LogP contribution in [0.2, 0.25) is 0 Å². The Morgan fingerprint density at radius 3 is 2.95 bits per heavy atom. The van der Waals surface area contributed by atoms with Crippen molar-refractivity contribution in [2.24, 2.45) is 12.9 Å². The molecular formula is C14H20N4O. The zero-order valence-electron chi connectivity index (χ0n) is 11.3. The van der Waals surface area contributed by atoms with Crippen LogP contribution in [0.3, 0.4) is 0 Å². The van der Waals surface area contributed by atoms with Crippen molar-refractivity contribution in [3.63, 3.8) is 0 Å². The topological polar surface area (TPSA) is 65.1 Å². The molecule has 0 bridgehead atoms. The van der Waals surface area contributed by atoms with Crippen LogP contribution in [0.5, 0.6) is 5.75 Å². The van der Waals surface area contributed by atoms with Crippen molar-refractivity contribution >= 4 is 0 Å². The van der Waals surface area contributed by atoms with Crippen molar-refractivity contribution in [2.45, 2.75) is 19.4 Å². The van der Waals surface area contributed by atoms with Gasteiger partial charge in [0, 0.05) is 13.2 Å². The molecule has 2 aromatic rings. The number of hydrogen-bond acceptors (Lipinski definition) is 4. The molecule has 0 saturated carbocycles. The Hall–Kier alpha value is -1.85. The summed E-state index contributed by atoms with van der Waals surface area (Å²) in [5.74, 6) is 6.53. The first-order chi connectivity index (χ1) is 9.22. The third-order valence-electron chi connectivity index (χ3n) is 2.97. The van der Waals surface area contributed by atoms with Crippen LogP contribution in [0.15, 0.2) is 36.7 Å². The molecule has 0 saturated heterocycles. The second-order valence-electron chi connectivity index (χ2n) is 4.45. The van der Waals surface area contributed by atoms with Gasteiger partial charge in [-0.15, -0.1) is 0 Å². The molecule has 0 radical (unpaired) electrons. The molecule has 0 aliphatic carbocycles. The van der Waals surface area contributed by atoms with E-state index in [1.807, 2.05) is 50.6 Å². The number of aromatic nitrogens is 2. The molecule has 102 valence electrons. The zero-order chi connectivity index (χ0) is 13.7. The maximum absolute atomic E-state index is 5.67. The molecule has 1 aromatic carbocycles. The van der Waals surface area contributed by atoms with E-state index in [9.17, 15) is 0 Å². The van der Waals surface area contributed by atoms with Gasteiger partial charge < -0.3 is 4.74 Å². The van der Waals surface area contributed by atoms with Crippen LogP contribution >= 0.6 is 0 Å². The van der Waals surface area contributed by atoms with Gasteiger partial charge in [0.1, 0.15) is 5.75 Å². The first-order valence-corrected chi connectivity index (χ1v) is 6.39. The Balaban J connectivity index is 2.14. The average Bonchev–Trinajstić information content (AvgIpc) is 2.82. The summed E-state index contributed by atoms with van der Waals surface area (Å²) in [6.07, 6.45) is 4.65. The number of nitrogens with two attached hydrogens (primary N) is 1. The standard InChI is InChI=1S/C14H20N4O/c1-3-19-13-6-4-5-12(8-13)14(17-15)7-11-9-16-18(2)10-11/h4-6,8-10,14,17H,3,7,15H2,1-2H3. The van der Waals surface area contributed by atoms with Crippen LogP contribution in [-0.2, 0) is 13.5 Å². The predicted octanol–water partition coefficient (Wildman–Crippen LogP) is 1.57. The highest BCUT2D eigenvalue weighted by atomic mass is 16.5. The zero-order valence-corrected chi connectivity index (χ0v) is 11.3. The van der Waals surface area contributed by atoms with Crippen LogP contribution in [0.25, 0.3) is 0 Å². The van der Waals surface area contributed by atoms with E-state index in [-0.39, 0.29) is 6.04 Å². The first-order valence-electron chi connectivity index (χ1n) is 6.39. The highest BCUT2D eigenvalue weighted by Crippen LogP contribution is 2.22. The van der Waals surface area contributed by atoms with Crippen LogP contribution in [-0.4, -0.2) is 16.4 Å². The molecule has 0 aliphatic rings. The highest BCUT2D eigenvalue weighted by molar-refractivity contribution is 5.31. The summed E-state index contributed by atoms with van der Waals surface area (Å²) < 4.78 is 7.30. The van der Waals surface area contributed by atoms with Gasteiger partial charge in [-0.1, -0.05) is 12.1 Å². The van der Waals surface area contributed by atoms with Crippen molar-refractivity contribution < 1.29 is 4.74 Å². The molecule has 2 rings (SSSR count). The summed E-state index contributed by atoms with van der Waals surface area (Å²) in [5.41, 5.74) is 5.11. The average molecular weight is 260 g/mol. The van der Waals surface area contributed by atoms with Gasteiger partial charge in [-0.25, -0.2) is 0 Å². The molecule has 5 nitrogen and oxygen atoms in total. The third-order valence-corrected chi connectivity index (χ3v) is 2.97. The van der Waals surface area contributed by atoms with Crippen molar-refractivity contribution in [1.29, 1.82) is 0 Å². The van der Waals surface area contributed by atoms with Gasteiger partial charge in [0.25, 0.3) is 0 Å². The number of rotatable bonds is 6. The lowest BCUT2D eigenvalue weighted by molar-refractivity contribution is 0.339. The molecule has 0 aliphatic heterocycles. The molecule has 1 aromatic heterocycles. The molecule has 1 heterocycles.